The summed E-state index contributed by atoms with van der Waals surface area (Å²) in [5.41, 5.74) is 2.26. The van der Waals surface area contributed by atoms with E-state index in [1.165, 1.54) is 31.2 Å². The topological polar surface area (TPSA) is 53.0 Å². The van der Waals surface area contributed by atoms with Crippen molar-refractivity contribution < 1.29 is 8.42 Å². The maximum absolute atomic E-state index is 14.0. The predicted molar refractivity (Wildman–Crippen MR) is 148 cm³/mol. The summed E-state index contributed by atoms with van der Waals surface area (Å²) >= 11 is 1.61. The quantitative estimate of drug-likeness (QED) is 0.352. The molecule has 1 aromatic heterocycles. The molecule has 1 unspecified atom stereocenters. The fourth-order valence-electron chi connectivity index (χ4n) is 5.28. The normalized spacial score (nSPS) is 21.5. The first-order chi connectivity index (χ1) is 17.5. The number of amidine groups is 1. The van der Waals surface area contributed by atoms with Crippen molar-refractivity contribution in [2.75, 3.05) is 13.1 Å². The van der Waals surface area contributed by atoms with Crippen molar-refractivity contribution in [3.63, 3.8) is 0 Å². The monoisotopic (exact) mass is 521 g/mol. The van der Waals surface area contributed by atoms with Crippen LogP contribution in [0.5, 0.6) is 0 Å². The van der Waals surface area contributed by atoms with Crippen LogP contribution in [0.3, 0.4) is 0 Å². The summed E-state index contributed by atoms with van der Waals surface area (Å²) in [6, 6.07) is 21.5. The maximum atomic E-state index is 14.0. The van der Waals surface area contributed by atoms with E-state index in [1.54, 1.807) is 27.8 Å². The number of hydrogen-bond donors (Lipinski definition) is 0. The van der Waals surface area contributed by atoms with Crippen LogP contribution in [0.15, 0.2) is 82.0 Å². The molecule has 3 aromatic rings. The van der Waals surface area contributed by atoms with Gasteiger partial charge in [-0.25, -0.2) is 8.42 Å². The van der Waals surface area contributed by atoms with Crippen LogP contribution in [0.2, 0.25) is 0 Å². The predicted octanol–water partition coefficient (Wildman–Crippen LogP) is 6.43. The van der Waals surface area contributed by atoms with Crippen molar-refractivity contribution >= 4 is 27.2 Å². The highest BCUT2D eigenvalue weighted by atomic mass is 32.2. The Morgan fingerprint density at radius 2 is 1.61 bits per heavy atom. The minimum Gasteiger partial charge on any atom is -0.353 e. The number of piperazine rings is 1. The third kappa shape index (κ3) is 5.58. The second-order valence-electron chi connectivity index (χ2n) is 9.89. The number of benzene rings is 2. The van der Waals surface area contributed by atoms with Gasteiger partial charge in [-0.2, -0.15) is 4.31 Å². The van der Waals surface area contributed by atoms with Gasteiger partial charge in [0.15, 0.2) is 0 Å². The average molecular weight is 522 g/mol. The molecule has 1 atom stereocenters. The van der Waals surface area contributed by atoms with Crippen molar-refractivity contribution in [2.45, 2.75) is 69.0 Å². The molecule has 0 radical (unpaired) electrons. The van der Waals surface area contributed by atoms with Crippen molar-refractivity contribution in [3.8, 4) is 0 Å². The lowest BCUT2D eigenvalue weighted by Gasteiger charge is -2.42. The molecule has 1 saturated carbocycles. The van der Waals surface area contributed by atoms with Crippen LogP contribution < -0.4 is 0 Å². The van der Waals surface area contributed by atoms with E-state index < -0.39 is 16.1 Å². The summed E-state index contributed by atoms with van der Waals surface area (Å²) in [7, 11) is -3.70. The molecule has 190 valence electrons. The molecule has 5 nitrogen and oxygen atoms in total. The molecule has 0 bridgehead atoms. The summed E-state index contributed by atoms with van der Waals surface area (Å²) in [4.78, 5) is 9.08. The molecule has 1 aliphatic carbocycles. The van der Waals surface area contributed by atoms with Gasteiger partial charge < -0.3 is 4.90 Å². The summed E-state index contributed by atoms with van der Waals surface area (Å²) in [5.74, 6) is 0.898. The molecule has 7 heteroatoms. The lowest BCUT2D eigenvalue weighted by Crippen LogP contribution is -2.53. The van der Waals surface area contributed by atoms with Crippen LogP contribution in [0.4, 0.5) is 0 Å². The minimum absolute atomic E-state index is 0.241. The Hall–Kier alpha value is -2.48. The summed E-state index contributed by atoms with van der Waals surface area (Å²) in [6.07, 6.45) is 7.05. The van der Waals surface area contributed by atoms with Crippen LogP contribution in [0.25, 0.3) is 0 Å². The van der Waals surface area contributed by atoms with Gasteiger partial charge in [0.05, 0.1) is 10.9 Å². The number of sulfonamides is 1. The molecule has 2 aromatic carbocycles. The van der Waals surface area contributed by atoms with Gasteiger partial charge in [0.1, 0.15) is 11.9 Å². The van der Waals surface area contributed by atoms with Gasteiger partial charge in [0.2, 0.25) is 10.0 Å². The van der Waals surface area contributed by atoms with E-state index in [2.05, 4.69) is 35.2 Å². The minimum atomic E-state index is -3.70. The molecule has 1 saturated heterocycles. The van der Waals surface area contributed by atoms with E-state index in [-0.39, 0.29) is 6.04 Å². The molecule has 0 spiro atoms. The zero-order valence-electron chi connectivity index (χ0n) is 20.9. The van der Waals surface area contributed by atoms with Gasteiger partial charge in [-0.1, -0.05) is 79.8 Å². The largest absolute Gasteiger partial charge is 0.353 e. The SMILES string of the molecule is Cc1ccc(S(=O)(=O)N2CCN(Cc3ccccc3)C(=NC3CCCCCC3)C2c2cccs2)cc1. The summed E-state index contributed by atoms with van der Waals surface area (Å²) in [6.45, 7) is 3.75. The standard InChI is InChI=1S/C29H35N3O2S2/c1-23-15-17-26(18-16-23)36(33,34)32-20-19-31(22-24-10-5-4-6-11-24)29(28(32)27-14-9-21-35-27)30-25-12-7-2-3-8-13-25/h4-6,9-11,14-18,21,25,28H,2-3,7-8,12-13,19-20,22H2,1H3. The number of rotatable bonds is 6. The van der Waals surface area contributed by atoms with Gasteiger partial charge in [0.25, 0.3) is 0 Å². The molecule has 36 heavy (non-hydrogen) atoms. The Morgan fingerprint density at radius 3 is 2.28 bits per heavy atom. The third-order valence-electron chi connectivity index (χ3n) is 7.24. The zero-order valence-corrected chi connectivity index (χ0v) is 22.6. The van der Waals surface area contributed by atoms with Crippen LogP contribution >= 0.6 is 11.3 Å². The number of hydrogen-bond acceptors (Lipinski definition) is 4. The third-order valence-corrected chi connectivity index (χ3v) is 10.0. The maximum Gasteiger partial charge on any atom is 0.244 e. The van der Waals surface area contributed by atoms with E-state index >= 15 is 0 Å². The molecule has 2 aliphatic rings. The average Bonchev–Trinajstić information content (AvgIpc) is 3.30. The van der Waals surface area contributed by atoms with E-state index in [1.807, 2.05) is 36.6 Å². The fraction of sp³-hybridized carbons (Fsp3) is 0.414. The van der Waals surface area contributed by atoms with E-state index in [0.717, 1.165) is 35.7 Å². The molecule has 1 aliphatic heterocycles. The van der Waals surface area contributed by atoms with Crippen molar-refractivity contribution in [2.24, 2.45) is 4.99 Å². The Labute approximate surface area is 219 Å². The second kappa shape index (κ2) is 11.3. The van der Waals surface area contributed by atoms with Gasteiger partial charge in [-0.15, -0.1) is 11.3 Å². The second-order valence-corrected chi connectivity index (χ2v) is 12.8. The zero-order chi connectivity index (χ0) is 25.0. The molecule has 0 N–H and O–H groups in total. The van der Waals surface area contributed by atoms with Gasteiger partial charge in [-0.05, 0) is 48.9 Å². The highest BCUT2D eigenvalue weighted by Gasteiger charge is 2.42. The van der Waals surface area contributed by atoms with Crippen LogP contribution in [0.1, 0.15) is 60.6 Å². The highest BCUT2D eigenvalue weighted by Crippen LogP contribution is 2.37. The fourth-order valence-corrected chi connectivity index (χ4v) is 7.73. The van der Waals surface area contributed by atoms with Gasteiger partial charge >= 0.3 is 0 Å². The Kier molecular flexibility index (Phi) is 7.89. The van der Waals surface area contributed by atoms with Crippen LogP contribution in [-0.2, 0) is 16.6 Å². The van der Waals surface area contributed by atoms with Gasteiger partial charge in [-0.3, -0.25) is 4.99 Å². The summed E-state index contributed by atoms with van der Waals surface area (Å²) in [5, 5.41) is 2.03. The smallest absolute Gasteiger partial charge is 0.244 e. The Bertz CT molecular complexity index is 1250. The number of nitrogens with zero attached hydrogens (tertiary/aromatic N) is 3. The van der Waals surface area contributed by atoms with Crippen LogP contribution in [0, 0.1) is 6.92 Å². The van der Waals surface area contributed by atoms with Crippen LogP contribution in [-0.4, -0.2) is 42.6 Å². The molecule has 5 rings (SSSR count). The molecule has 2 heterocycles. The lowest BCUT2D eigenvalue weighted by molar-refractivity contribution is 0.256. The molecular weight excluding hydrogens is 486 g/mol. The van der Waals surface area contributed by atoms with E-state index in [0.29, 0.717) is 18.0 Å². The number of aryl methyl sites for hydroxylation is 1. The lowest BCUT2D eigenvalue weighted by atomic mass is 10.1. The Balaban J connectivity index is 1.58. The van der Waals surface area contributed by atoms with Crippen molar-refractivity contribution in [3.05, 3.63) is 88.1 Å². The number of thiophene rings is 1. The Morgan fingerprint density at radius 1 is 0.889 bits per heavy atom. The molecular formula is C29H35N3O2S2. The summed E-state index contributed by atoms with van der Waals surface area (Å²) < 4.78 is 29.7. The molecule has 2 fully saturated rings. The number of aliphatic imine (C=N–C) groups is 1. The van der Waals surface area contributed by atoms with Crippen molar-refractivity contribution in [1.82, 2.24) is 9.21 Å². The van der Waals surface area contributed by atoms with Crippen molar-refractivity contribution in [1.29, 1.82) is 0 Å². The highest BCUT2D eigenvalue weighted by molar-refractivity contribution is 7.89. The first-order valence-corrected chi connectivity index (χ1v) is 15.3. The molecule has 0 amide bonds. The first-order valence-electron chi connectivity index (χ1n) is 13.0. The van der Waals surface area contributed by atoms with E-state index in [9.17, 15) is 8.42 Å². The van der Waals surface area contributed by atoms with E-state index in [4.69, 9.17) is 4.99 Å². The first kappa shape index (κ1) is 25.2. The van der Waals surface area contributed by atoms with Gasteiger partial charge in [0, 0.05) is 24.5 Å².